The van der Waals surface area contributed by atoms with Crippen LogP contribution in [-0.4, -0.2) is 44.9 Å². The van der Waals surface area contributed by atoms with Crippen molar-refractivity contribution in [1.82, 2.24) is 14.7 Å². The highest BCUT2D eigenvalue weighted by Gasteiger charge is 2.30. The summed E-state index contributed by atoms with van der Waals surface area (Å²) in [5.41, 5.74) is 2.45. The third-order valence-corrected chi connectivity index (χ3v) is 4.90. The highest BCUT2D eigenvalue weighted by Crippen LogP contribution is 2.23. The Hall–Kier alpha value is -2.21. The maximum absolute atomic E-state index is 13.8. The summed E-state index contributed by atoms with van der Waals surface area (Å²) in [5, 5.41) is 14.7. The van der Waals surface area contributed by atoms with E-state index < -0.39 is 6.10 Å². The first-order valence-corrected chi connectivity index (χ1v) is 8.64. The van der Waals surface area contributed by atoms with Gasteiger partial charge in [-0.05, 0) is 50.3 Å². The number of aliphatic hydroxyl groups is 1. The van der Waals surface area contributed by atoms with Crippen molar-refractivity contribution < 1.29 is 14.3 Å². The maximum atomic E-state index is 13.8. The molecule has 0 unspecified atom stereocenters. The fourth-order valence-corrected chi connectivity index (χ4v) is 3.45. The molecule has 3 rings (SSSR count). The second kappa shape index (κ2) is 7.35. The van der Waals surface area contributed by atoms with Gasteiger partial charge in [0, 0.05) is 18.8 Å². The normalized spacial score (nSPS) is 20.7. The van der Waals surface area contributed by atoms with E-state index in [1.807, 2.05) is 19.9 Å². The molecule has 1 aliphatic heterocycles. The largest absolute Gasteiger partial charge is 0.391 e. The molecule has 6 heteroatoms. The first kappa shape index (κ1) is 17.6. The van der Waals surface area contributed by atoms with E-state index >= 15 is 0 Å². The lowest BCUT2D eigenvalue weighted by Gasteiger charge is -2.36. The van der Waals surface area contributed by atoms with Crippen molar-refractivity contribution >= 4 is 5.91 Å². The third-order valence-electron chi connectivity index (χ3n) is 4.90. The molecule has 25 heavy (non-hydrogen) atoms. The number of rotatable bonds is 4. The van der Waals surface area contributed by atoms with Gasteiger partial charge in [0.25, 0.3) is 0 Å². The standard InChI is InChI=1S/C19H24FN3O2/c1-13-9-14(2)23(21-13)12-19(25)22-8-7-16(18(24)11-22)10-15-5-3-4-6-17(15)20/h3-6,9,16,18,24H,7-8,10-12H2,1-2H3/t16-,18+/m1/s1. The third kappa shape index (κ3) is 4.07. The van der Waals surface area contributed by atoms with Crippen molar-refractivity contribution in [3.8, 4) is 0 Å². The van der Waals surface area contributed by atoms with Crippen LogP contribution < -0.4 is 0 Å². The molecule has 2 heterocycles. The van der Waals surface area contributed by atoms with E-state index in [0.29, 0.717) is 24.9 Å². The van der Waals surface area contributed by atoms with Crippen LogP contribution in [0.2, 0.25) is 0 Å². The molecular formula is C19H24FN3O2. The zero-order valence-corrected chi connectivity index (χ0v) is 14.7. The van der Waals surface area contributed by atoms with Gasteiger partial charge < -0.3 is 10.0 Å². The number of carbonyl (C=O) groups is 1. The van der Waals surface area contributed by atoms with Crippen LogP contribution in [0.15, 0.2) is 30.3 Å². The maximum Gasteiger partial charge on any atom is 0.244 e. The quantitative estimate of drug-likeness (QED) is 0.923. The van der Waals surface area contributed by atoms with Gasteiger partial charge in [0.05, 0.1) is 11.8 Å². The Morgan fingerprint density at radius 3 is 2.76 bits per heavy atom. The number of carbonyl (C=O) groups excluding carboxylic acids is 1. The van der Waals surface area contributed by atoms with Crippen LogP contribution in [0.3, 0.4) is 0 Å². The molecule has 2 atom stereocenters. The average Bonchev–Trinajstić information content (AvgIpc) is 2.88. The van der Waals surface area contributed by atoms with E-state index in [4.69, 9.17) is 0 Å². The van der Waals surface area contributed by atoms with Crippen LogP contribution in [0.4, 0.5) is 4.39 Å². The second-order valence-electron chi connectivity index (χ2n) is 6.84. The lowest BCUT2D eigenvalue weighted by molar-refractivity contribution is -0.136. The van der Waals surface area contributed by atoms with Crippen LogP contribution in [0.5, 0.6) is 0 Å². The van der Waals surface area contributed by atoms with Crippen molar-refractivity contribution in [2.45, 2.75) is 39.3 Å². The van der Waals surface area contributed by atoms with Crippen LogP contribution in [-0.2, 0) is 17.8 Å². The van der Waals surface area contributed by atoms with E-state index in [1.54, 1.807) is 27.8 Å². The Balaban J connectivity index is 1.58. The minimum Gasteiger partial charge on any atom is -0.391 e. The van der Waals surface area contributed by atoms with E-state index in [-0.39, 0.29) is 30.7 Å². The summed E-state index contributed by atoms with van der Waals surface area (Å²) >= 11 is 0. The fourth-order valence-electron chi connectivity index (χ4n) is 3.45. The summed E-state index contributed by atoms with van der Waals surface area (Å²) < 4.78 is 15.5. The smallest absolute Gasteiger partial charge is 0.244 e. The number of aromatic nitrogens is 2. The Kier molecular flexibility index (Phi) is 5.18. The van der Waals surface area contributed by atoms with Crippen molar-refractivity contribution in [3.63, 3.8) is 0 Å². The van der Waals surface area contributed by atoms with E-state index in [1.165, 1.54) is 6.07 Å². The summed E-state index contributed by atoms with van der Waals surface area (Å²) in [7, 11) is 0. The number of amides is 1. The van der Waals surface area contributed by atoms with Crippen molar-refractivity contribution in [3.05, 3.63) is 53.1 Å². The fraction of sp³-hybridized carbons (Fsp3) is 0.474. The van der Waals surface area contributed by atoms with Gasteiger partial charge in [0.15, 0.2) is 0 Å². The average molecular weight is 345 g/mol. The molecule has 2 aromatic rings. The summed E-state index contributed by atoms with van der Waals surface area (Å²) in [6.07, 6.45) is 0.517. The van der Waals surface area contributed by atoms with Crippen LogP contribution in [0.1, 0.15) is 23.4 Å². The van der Waals surface area contributed by atoms with Gasteiger partial charge in [0.2, 0.25) is 5.91 Å². The number of piperidine rings is 1. The molecule has 0 bridgehead atoms. The molecule has 1 aromatic carbocycles. The summed E-state index contributed by atoms with van der Waals surface area (Å²) in [6.45, 7) is 4.87. The first-order valence-electron chi connectivity index (χ1n) is 8.64. The zero-order valence-electron chi connectivity index (χ0n) is 14.7. The van der Waals surface area contributed by atoms with Gasteiger partial charge in [0.1, 0.15) is 12.4 Å². The van der Waals surface area contributed by atoms with E-state index in [0.717, 1.165) is 11.4 Å². The number of β-amino-alcohol motifs (C(OH)–C–C–N with tert-alkyl or cyclic N) is 1. The molecule has 1 saturated heterocycles. The molecule has 0 aliphatic carbocycles. The van der Waals surface area contributed by atoms with E-state index in [2.05, 4.69) is 5.10 Å². The minimum absolute atomic E-state index is 0.0327. The van der Waals surface area contributed by atoms with Crippen molar-refractivity contribution in [2.24, 2.45) is 5.92 Å². The number of halogens is 1. The number of aryl methyl sites for hydroxylation is 2. The SMILES string of the molecule is Cc1cc(C)n(CC(=O)N2CC[C@H](Cc3ccccc3F)[C@@H](O)C2)n1. The second-order valence-corrected chi connectivity index (χ2v) is 6.84. The molecule has 134 valence electrons. The molecule has 0 saturated carbocycles. The number of likely N-dealkylation sites (tertiary alicyclic amines) is 1. The highest BCUT2D eigenvalue weighted by atomic mass is 19.1. The van der Waals surface area contributed by atoms with Gasteiger partial charge in [-0.15, -0.1) is 0 Å². The number of nitrogens with zero attached hydrogens (tertiary/aromatic N) is 3. The molecule has 1 aliphatic rings. The number of benzene rings is 1. The van der Waals surface area contributed by atoms with Crippen LogP contribution >= 0.6 is 0 Å². The van der Waals surface area contributed by atoms with Crippen LogP contribution in [0.25, 0.3) is 0 Å². The lowest BCUT2D eigenvalue weighted by atomic mass is 9.87. The molecule has 1 N–H and O–H groups in total. The number of aliphatic hydroxyl groups excluding tert-OH is 1. The Labute approximate surface area is 147 Å². The molecule has 0 spiro atoms. The van der Waals surface area contributed by atoms with Gasteiger partial charge >= 0.3 is 0 Å². The summed E-state index contributed by atoms with van der Waals surface area (Å²) in [4.78, 5) is 14.2. The topological polar surface area (TPSA) is 58.4 Å². The van der Waals surface area contributed by atoms with Crippen molar-refractivity contribution in [1.29, 1.82) is 0 Å². The predicted octanol–water partition coefficient (Wildman–Crippen LogP) is 2.09. The summed E-state index contributed by atoms with van der Waals surface area (Å²) in [5.74, 6) is -0.318. The summed E-state index contributed by atoms with van der Waals surface area (Å²) in [6, 6.07) is 8.59. The molecular weight excluding hydrogens is 321 g/mol. The van der Waals surface area contributed by atoms with Crippen molar-refractivity contribution in [2.75, 3.05) is 13.1 Å². The van der Waals surface area contributed by atoms with Gasteiger partial charge in [-0.25, -0.2) is 4.39 Å². The Morgan fingerprint density at radius 1 is 1.36 bits per heavy atom. The molecule has 5 nitrogen and oxygen atoms in total. The Bertz CT molecular complexity index is 759. The van der Waals surface area contributed by atoms with Gasteiger partial charge in [-0.2, -0.15) is 5.10 Å². The van der Waals surface area contributed by atoms with Crippen LogP contribution in [0, 0.1) is 25.6 Å². The molecule has 1 aromatic heterocycles. The van der Waals surface area contributed by atoms with E-state index in [9.17, 15) is 14.3 Å². The minimum atomic E-state index is -0.641. The molecule has 0 radical (unpaired) electrons. The predicted molar refractivity (Wildman–Crippen MR) is 92.5 cm³/mol. The monoisotopic (exact) mass is 345 g/mol. The van der Waals surface area contributed by atoms with Gasteiger partial charge in [-0.3, -0.25) is 9.48 Å². The Morgan fingerprint density at radius 2 is 2.12 bits per heavy atom. The molecule has 1 fully saturated rings. The number of hydrogen-bond donors (Lipinski definition) is 1. The van der Waals surface area contributed by atoms with Gasteiger partial charge in [-0.1, -0.05) is 18.2 Å². The number of hydrogen-bond acceptors (Lipinski definition) is 3. The lowest BCUT2D eigenvalue weighted by Crippen LogP contribution is -2.48. The molecule has 1 amide bonds. The first-order chi connectivity index (χ1) is 11.9. The highest BCUT2D eigenvalue weighted by molar-refractivity contribution is 5.76. The zero-order chi connectivity index (χ0) is 18.0.